The molecule has 1 amide bonds. The number of carbonyl (C=O) groups is 1. The zero-order valence-electron chi connectivity index (χ0n) is 17.0. The van der Waals surface area contributed by atoms with E-state index in [1.165, 1.54) is 10.8 Å². The number of benzene rings is 1. The van der Waals surface area contributed by atoms with E-state index in [0.717, 1.165) is 22.1 Å². The lowest BCUT2D eigenvalue weighted by molar-refractivity contribution is -0.116. The fourth-order valence-electron chi connectivity index (χ4n) is 3.42. The number of hydrogen-bond acceptors (Lipinski definition) is 5. The summed E-state index contributed by atoms with van der Waals surface area (Å²) in [5.41, 5.74) is 1.89. The third-order valence-electron chi connectivity index (χ3n) is 5.00. The summed E-state index contributed by atoms with van der Waals surface area (Å²) in [5.74, 6) is -0.366. The van der Waals surface area contributed by atoms with Gasteiger partial charge in [-0.05, 0) is 53.9 Å². The van der Waals surface area contributed by atoms with Crippen LogP contribution in [0.15, 0.2) is 76.7 Å². The molecule has 8 nitrogen and oxygen atoms in total. The van der Waals surface area contributed by atoms with Gasteiger partial charge in [0.15, 0.2) is 5.52 Å². The molecule has 0 aliphatic rings. The van der Waals surface area contributed by atoms with Crippen LogP contribution in [-0.4, -0.2) is 25.0 Å². The van der Waals surface area contributed by atoms with E-state index < -0.39 is 11.2 Å². The Kier molecular flexibility index (Phi) is 5.70. The first-order valence-corrected chi connectivity index (χ1v) is 9.93. The van der Waals surface area contributed by atoms with E-state index in [0.29, 0.717) is 11.2 Å². The quantitative estimate of drug-likeness (QED) is 0.521. The van der Waals surface area contributed by atoms with Crippen molar-refractivity contribution in [1.82, 2.24) is 19.1 Å². The Hall–Kier alpha value is -4.07. The van der Waals surface area contributed by atoms with Gasteiger partial charge in [-0.2, -0.15) is 0 Å². The molecular weight excluding hydrogens is 394 g/mol. The van der Waals surface area contributed by atoms with Crippen molar-refractivity contribution in [2.24, 2.45) is 0 Å². The normalized spacial score (nSPS) is 10.9. The number of carbonyl (C=O) groups excluding carboxylic acids is 1. The molecule has 3 aromatic heterocycles. The minimum atomic E-state index is -0.570. The average molecular weight is 415 g/mol. The first-order valence-electron chi connectivity index (χ1n) is 9.93. The van der Waals surface area contributed by atoms with Gasteiger partial charge in [0, 0.05) is 24.3 Å². The highest BCUT2D eigenvalue weighted by atomic mass is 16.2. The maximum absolute atomic E-state index is 13.2. The fraction of sp³-hybridized carbons (Fsp3) is 0.174. The second-order valence-corrected chi connectivity index (χ2v) is 7.09. The molecule has 3 heterocycles. The van der Waals surface area contributed by atoms with Crippen molar-refractivity contribution in [3.8, 4) is 0 Å². The first-order chi connectivity index (χ1) is 15.1. The van der Waals surface area contributed by atoms with Crippen molar-refractivity contribution in [1.29, 1.82) is 0 Å². The van der Waals surface area contributed by atoms with E-state index in [9.17, 15) is 14.4 Å². The highest BCUT2D eigenvalue weighted by Crippen LogP contribution is 2.12. The monoisotopic (exact) mass is 415 g/mol. The van der Waals surface area contributed by atoms with Crippen LogP contribution in [0.1, 0.15) is 18.1 Å². The largest absolute Gasteiger partial charge is 0.332 e. The molecule has 0 saturated heterocycles. The minimum Gasteiger partial charge on any atom is -0.325 e. The van der Waals surface area contributed by atoms with Crippen molar-refractivity contribution in [2.75, 3.05) is 5.32 Å². The third kappa shape index (κ3) is 4.28. The van der Waals surface area contributed by atoms with E-state index in [2.05, 4.69) is 15.3 Å². The van der Waals surface area contributed by atoms with Crippen LogP contribution < -0.4 is 16.6 Å². The predicted octanol–water partition coefficient (Wildman–Crippen LogP) is 2.20. The molecule has 8 heteroatoms. The van der Waals surface area contributed by atoms with Crippen molar-refractivity contribution in [2.45, 2.75) is 26.4 Å². The molecule has 4 rings (SSSR count). The molecule has 0 atom stereocenters. The maximum Gasteiger partial charge on any atom is 0.332 e. The third-order valence-corrected chi connectivity index (χ3v) is 5.00. The van der Waals surface area contributed by atoms with E-state index >= 15 is 0 Å². The molecule has 1 N–H and O–H groups in total. The Labute approximate surface area is 177 Å². The van der Waals surface area contributed by atoms with Gasteiger partial charge in [0.1, 0.15) is 6.54 Å². The summed E-state index contributed by atoms with van der Waals surface area (Å²) in [4.78, 5) is 47.0. The van der Waals surface area contributed by atoms with E-state index in [-0.39, 0.29) is 24.5 Å². The van der Waals surface area contributed by atoms with Gasteiger partial charge in [0.2, 0.25) is 5.91 Å². The second-order valence-electron chi connectivity index (χ2n) is 7.09. The van der Waals surface area contributed by atoms with Gasteiger partial charge < -0.3 is 5.32 Å². The Morgan fingerprint density at radius 3 is 2.55 bits per heavy atom. The molecule has 31 heavy (non-hydrogen) atoms. The molecule has 0 fully saturated rings. The van der Waals surface area contributed by atoms with E-state index in [4.69, 9.17) is 0 Å². The standard InChI is InChI=1S/C23H21N5O3/c1-2-16-5-3-6-18(13-16)26-20(29)15-27-19-7-4-10-25-21(19)22(30)28(23(27)31)14-17-8-11-24-12-9-17/h3-13H,2,14-15H2,1H3,(H,26,29). The highest BCUT2D eigenvalue weighted by molar-refractivity contribution is 5.91. The minimum absolute atomic E-state index is 0.0624. The number of rotatable bonds is 6. The van der Waals surface area contributed by atoms with Gasteiger partial charge >= 0.3 is 5.69 Å². The number of hydrogen-bond donors (Lipinski definition) is 1. The van der Waals surface area contributed by atoms with Crippen LogP contribution in [0.3, 0.4) is 0 Å². The van der Waals surface area contributed by atoms with Gasteiger partial charge in [-0.25, -0.2) is 9.78 Å². The first kappa shape index (κ1) is 20.2. The zero-order chi connectivity index (χ0) is 21.8. The van der Waals surface area contributed by atoms with Crippen LogP contribution in [0.4, 0.5) is 5.69 Å². The molecule has 0 spiro atoms. The number of anilines is 1. The molecule has 0 bridgehead atoms. The lowest BCUT2D eigenvalue weighted by Crippen LogP contribution is -2.42. The SMILES string of the molecule is CCc1cccc(NC(=O)Cn2c(=O)n(Cc3ccncc3)c(=O)c3ncccc32)c1. The summed E-state index contributed by atoms with van der Waals surface area (Å²) in [6.45, 7) is 1.85. The second kappa shape index (κ2) is 8.74. The molecule has 0 aliphatic carbocycles. The molecule has 1 aromatic carbocycles. The Bertz CT molecular complexity index is 1360. The molecule has 0 aliphatic heterocycles. The van der Waals surface area contributed by atoms with Gasteiger partial charge in [0.05, 0.1) is 12.1 Å². The number of nitrogens with one attached hydrogen (secondary N) is 1. The van der Waals surface area contributed by atoms with Gasteiger partial charge in [0.25, 0.3) is 5.56 Å². The Morgan fingerprint density at radius 1 is 0.968 bits per heavy atom. The summed E-state index contributed by atoms with van der Waals surface area (Å²) in [7, 11) is 0. The number of fused-ring (bicyclic) bond motifs is 1. The number of aryl methyl sites for hydroxylation is 1. The maximum atomic E-state index is 13.2. The van der Waals surface area contributed by atoms with Crippen LogP contribution in [0, 0.1) is 0 Å². The van der Waals surface area contributed by atoms with Gasteiger partial charge in [-0.15, -0.1) is 0 Å². The topological polar surface area (TPSA) is 98.9 Å². The summed E-state index contributed by atoms with van der Waals surface area (Å²) in [5, 5.41) is 2.83. The average Bonchev–Trinajstić information content (AvgIpc) is 2.80. The Morgan fingerprint density at radius 2 is 1.77 bits per heavy atom. The summed E-state index contributed by atoms with van der Waals surface area (Å²) in [6.07, 6.45) is 5.53. The van der Waals surface area contributed by atoms with Crippen LogP contribution in [0.2, 0.25) is 0 Å². The number of amides is 1. The lowest BCUT2D eigenvalue weighted by atomic mass is 10.1. The lowest BCUT2D eigenvalue weighted by Gasteiger charge is -2.14. The summed E-state index contributed by atoms with van der Waals surface area (Å²) >= 11 is 0. The highest BCUT2D eigenvalue weighted by Gasteiger charge is 2.16. The zero-order valence-corrected chi connectivity index (χ0v) is 17.0. The number of nitrogens with zero attached hydrogens (tertiary/aromatic N) is 4. The fourth-order valence-corrected chi connectivity index (χ4v) is 3.42. The van der Waals surface area contributed by atoms with Crippen molar-refractivity contribution in [3.05, 3.63) is 99.1 Å². The van der Waals surface area contributed by atoms with Crippen LogP contribution in [0.5, 0.6) is 0 Å². The number of pyridine rings is 2. The van der Waals surface area contributed by atoms with Crippen molar-refractivity contribution < 1.29 is 4.79 Å². The Balaban J connectivity index is 1.73. The smallest absolute Gasteiger partial charge is 0.325 e. The summed E-state index contributed by atoms with van der Waals surface area (Å²) in [6, 6.07) is 14.2. The predicted molar refractivity (Wildman–Crippen MR) is 118 cm³/mol. The molecule has 156 valence electrons. The van der Waals surface area contributed by atoms with Crippen LogP contribution >= 0.6 is 0 Å². The van der Waals surface area contributed by atoms with E-state index in [1.54, 1.807) is 42.7 Å². The van der Waals surface area contributed by atoms with Gasteiger partial charge in [-0.3, -0.25) is 23.7 Å². The van der Waals surface area contributed by atoms with Crippen molar-refractivity contribution >= 4 is 22.6 Å². The van der Waals surface area contributed by atoms with Crippen LogP contribution in [0.25, 0.3) is 11.0 Å². The molecule has 4 aromatic rings. The molecule has 0 saturated carbocycles. The van der Waals surface area contributed by atoms with E-state index in [1.807, 2.05) is 25.1 Å². The van der Waals surface area contributed by atoms with Gasteiger partial charge in [-0.1, -0.05) is 19.1 Å². The molecular formula is C23H21N5O3. The van der Waals surface area contributed by atoms with Crippen molar-refractivity contribution in [3.63, 3.8) is 0 Å². The molecule has 0 unspecified atom stereocenters. The van der Waals surface area contributed by atoms with Crippen LogP contribution in [-0.2, 0) is 24.3 Å². The molecule has 0 radical (unpaired) electrons. The number of aromatic nitrogens is 4. The summed E-state index contributed by atoms with van der Waals surface area (Å²) < 4.78 is 2.37.